The van der Waals surface area contributed by atoms with Crippen LogP contribution in [-0.4, -0.2) is 40.8 Å². The first-order chi connectivity index (χ1) is 14.9. The van der Waals surface area contributed by atoms with Gasteiger partial charge in [0.2, 0.25) is 5.91 Å². The molecule has 2 aliphatic rings. The predicted molar refractivity (Wildman–Crippen MR) is 122 cm³/mol. The molecule has 0 unspecified atom stereocenters. The highest BCUT2D eigenvalue weighted by Crippen LogP contribution is 2.44. The summed E-state index contributed by atoms with van der Waals surface area (Å²) < 4.78 is 0. The monoisotopic (exact) mass is 421 g/mol. The number of H-pyrrole nitrogens is 1. The van der Waals surface area contributed by atoms with Crippen molar-refractivity contribution in [3.05, 3.63) is 53.8 Å². The summed E-state index contributed by atoms with van der Waals surface area (Å²) in [5.41, 5.74) is 4.65. The van der Waals surface area contributed by atoms with Gasteiger partial charge in [-0.2, -0.15) is 0 Å². The minimum Gasteiger partial charge on any atom is -0.357 e. The van der Waals surface area contributed by atoms with E-state index in [-0.39, 0.29) is 29.7 Å². The second-order valence-corrected chi connectivity index (χ2v) is 9.20. The van der Waals surface area contributed by atoms with E-state index < -0.39 is 0 Å². The normalized spacial score (nSPS) is 19.9. The van der Waals surface area contributed by atoms with Gasteiger partial charge in [-0.15, -0.1) is 0 Å². The molecular weight excluding hydrogens is 390 g/mol. The number of Topliss-reactive ketones (excluding diaryl/α,β-unsaturated/α-hetero) is 1. The van der Waals surface area contributed by atoms with Crippen molar-refractivity contribution in [2.45, 2.75) is 52.5 Å². The zero-order valence-corrected chi connectivity index (χ0v) is 18.5. The van der Waals surface area contributed by atoms with Crippen molar-refractivity contribution in [1.82, 2.24) is 15.3 Å². The van der Waals surface area contributed by atoms with Crippen LogP contribution in [0.25, 0.3) is 0 Å². The molecule has 0 spiro atoms. The summed E-state index contributed by atoms with van der Waals surface area (Å²) in [5, 5.41) is 6.56. The topological polar surface area (TPSA) is 90.1 Å². The number of amides is 1. The fraction of sp³-hybridized carbons (Fsp3) is 0.458. The van der Waals surface area contributed by atoms with Crippen molar-refractivity contribution < 1.29 is 9.59 Å². The lowest BCUT2D eigenvalue weighted by molar-refractivity contribution is -0.120. The molecule has 1 aromatic carbocycles. The average molecular weight is 422 g/mol. The van der Waals surface area contributed by atoms with E-state index in [1.165, 1.54) is 0 Å². The van der Waals surface area contributed by atoms with Crippen LogP contribution in [0.3, 0.4) is 0 Å². The van der Waals surface area contributed by atoms with Crippen LogP contribution in [-0.2, 0) is 16.0 Å². The summed E-state index contributed by atoms with van der Waals surface area (Å²) in [4.78, 5) is 35.2. The number of benzene rings is 1. The summed E-state index contributed by atoms with van der Waals surface area (Å²) >= 11 is 0. The highest BCUT2D eigenvalue weighted by atomic mass is 16.2. The number of nitrogens with one attached hydrogen (secondary N) is 3. The standard InChI is InChI=1S/C24H31N5O2/c1-4-19-23-18(11-24(2,3)12-21(23)30)28-17-7-5-6-8-20(17)29(19)14-22(31)26-10-9-16-13-25-15-27-16/h5-8,13,15,19,28H,4,9-12,14H2,1-3H3,(H,25,27)(H,26,31)/t19-/m1/s1. The van der Waals surface area contributed by atoms with E-state index in [4.69, 9.17) is 0 Å². The number of ketones is 1. The van der Waals surface area contributed by atoms with Gasteiger partial charge in [0.15, 0.2) is 5.78 Å². The minimum atomic E-state index is -0.131. The van der Waals surface area contributed by atoms with Crippen molar-refractivity contribution in [3.8, 4) is 0 Å². The molecule has 1 atom stereocenters. The number of hydrogen-bond acceptors (Lipinski definition) is 5. The van der Waals surface area contributed by atoms with E-state index in [1.807, 2.05) is 24.3 Å². The smallest absolute Gasteiger partial charge is 0.239 e. The van der Waals surface area contributed by atoms with Gasteiger partial charge in [0.25, 0.3) is 0 Å². The molecule has 0 bridgehead atoms. The van der Waals surface area contributed by atoms with Gasteiger partial charge < -0.3 is 20.5 Å². The van der Waals surface area contributed by atoms with Gasteiger partial charge in [0.1, 0.15) is 0 Å². The number of allylic oxidation sites excluding steroid dienone is 1. The molecule has 1 amide bonds. The number of rotatable bonds is 6. The van der Waals surface area contributed by atoms with Gasteiger partial charge >= 0.3 is 0 Å². The second-order valence-electron chi connectivity index (χ2n) is 9.20. The molecule has 0 saturated carbocycles. The zero-order valence-electron chi connectivity index (χ0n) is 18.5. The molecular formula is C24H31N5O2. The largest absolute Gasteiger partial charge is 0.357 e. The summed E-state index contributed by atoms with van der Waals surface area (Å²) in [7, 11) is 0. The Bertz CT molecular complexity index is 993. The van der Waals surface area contributed by atoms with Crippen molar-refractivity contribution in [2.24, 2.45) is 5.41 Å². The lowest BCUT2D eigenvalue weighted by Crippen LogP contribution is -2.46. The maximum Gasteiger partial charge on any atom is 0.239 e. The van der Waals surface area contributed by atoms with E-state index in [0.29, 0.717) is 19.4 Å². The number of fused-ring (bicyclic) bond motifs is 1. The molecule has 0 radical (unpaired) electrons. The third-order valence-electron chi connectivity index (χ3n) is 6.10. The number of imidazole rings is 1. The highest BCUT2D eigenvalue weighted by Gasteiger charge is 2.40. The van der Waals surface area contributed by atoms with Crippen LogP contribution in [0, 0.1) is 5.41 Å². The zero-order chi connectivity index (χ0) is 22.0. The molecule has 0 saturated heterocycles. The van der Waals surface area contributed by atoms with Gasteiger partial charge in [-0.1, -0.05) is 32.9 Å². The van der Waals surface area contributed by atoms with Gasteiger partial charge in [0, 0.05) is 42.5 Å². The molecule has 2 heterocycles. The van der Waals surface area contributed by atoms with Crippen molar-refractivity contribution in [3.63, 3.8) is 0 Å². The lowest BCUT2D eigenvalue weighted by atomic mass is 9.74. The average Bonchev–Trinajstić information content (AvgIpc) is 3.18. The molecule has 1 aliphatic heterocycles. The summed E-state index contributed by atoms with van der Waals surface area (Å²) in [6, 6.07) is 7.88. The van der Waals surface area contributed by atoms with Crippen LogP contribution < -0.4 is 15.5 Å². The van der Waals surface area contributed by atoms with E-state index in [9.17, 15) is 9.59 Å². The van der Waals surface area contributed by atoms with Crippen LogP contribution in [0.4, 0.5) is 11.4 Å². The SMILES string of the molecule is CC[C@@H]1C2=C(CC(C)(C)CC2=O)Nc2ccccc2N1CC(=O)NCCc1cnc[nH]1. The lowest BCUT2D eigenvalue weighted by Gasteiger charge is -2.37. The van der Waals surface area contributed by atoms with Crippen LogP contribution >= 0.6 is 0 Å². The molecule has 4 rings (SSSR count). The number of hydrogen-bond donors (Lipinski definition) is 3. The Balaban J connectivity index is 1.60. The van der Waals surface area contributed by atoms with E-state index in [2.05, 4.69) is 46.3 Å². The predicted octanol–water partition coefficient (Wildman–Crippen LogP) is 3.42. The summed E-state index contributed by atoms with van der Waals surface area (Å²) in [5.74, 6) is 0.128. The summed E-state index contributed by atoms with van der Waals surface area (Å²) in [6.07, 6.45) is 6.21. The maximum atomic E-state index is 13.2. The number of carbonyl (C=O) groups excluding carboxylic acids is 2. The molecule has 3 N–H and O–H groups in total. The Kier molecular flexibility index (Phi) is 5.85. The maximum absolute atomic E-state index is 13.2. The highest BCUT2D eigenvalue weighted by molar-refractivity contribution is 6.01. The fourth-order valence-corrected chi connectivity index (χ4v) is 4.74. The number of aromatic amines is 1. The molecule has 1 aromatic heterocycles. The van der Waals surface area contributed by atoms with Gasteiger partial charge in [-0.3, -0.25) is 9.59 Å². The van der Waals surface area contributed by atoms with Gasteiger partial charge in [-0.05, 0) is 30.4 Å². The van der Waals surface area contributed by atoms with Crippen molar-refractivity contribution >= 4 is 23.1 Å². The van der Waals surface area contributed by atoms with Crippen molar-refractivity contribution in [1.29, 1.82) is 0 Å². The molecule has 164 valence electrons. The molecule has 1 aliphatic carbocycles. The van der Waals surface area contributed by atoms with Crippen LogP contribution in [0.1, 0.15) is 45.7 Å². The first-order valence-corrected chi connectivity index (χ1v) is 11.0. The molecule has 31 heavy (non-hydrogen) atoms. The molecule has 7 heteroatoms. The third kappa shape index (κ3) is 4.50. The molecule has 2 aromatic rings. The first kappa shape index (κ1) is 21.2. The molecule has 7 nitrogen and oxygen atoms in total. The Hall–Kier alpha value is -3.09. The van der Waals surface area contributed by atoms with E-state index >= 15 is 0 Å². The van der Waals surface area contributed by atoms with Gasteiger partial charge in [0.05, 0.1) is 30.3 Å². The Morgan fingerprint density at radius 3 is 2.84 bits per heavy atom. The number of anilines is 2. The molecule has 0 fully saturated rings. The van der Waals surface area contributed by atoms with Gasteiger partial charge in [-0.25, -0.2) is 4.98 Å². The number of para-hydroxylation sites is 2. The van der Waals surface area contributed by atoms with E-state index in [1.54, 1.807) is 12.5 Å². The van der Waals surface area contributed by atoms with Crippen LogP contribution in [0.2, 0.25) is 0 Å². The fourth-order valence-electron chi connectivity index (χ4n) is 4.74. The summed E-state index contributed by atoms with van der Waals surface area (Å²) in [6.45, 7) is 7.09. The van der Waals surface area contributed by atoms with Crippen molar-refractivity contribution in [2.75, 3.05) is 23.3 Å². The van der Waals surface area contributed by atoms with Crippen LogP contribution in [0.5, 0.6) is 0 Å². The number of nitrogens with zero attached hydrogens (tertiary/aromatic N) is 2. The Morgan fingerprint density at radius 2 is 2.10 bits per heavy atom. The minimum absolute atomic E-state index is 0.0552. The number of carbonyl (C=O) groups is 2. The third-order valence-corrected chi connectivity index (χ3v) is 6.10. The van der Waals surface area contributed by atoms with E-state index in [0.717, 1.165) is 41.2 Å². The first-order valence-electron chi connectivity index (χ1n) is 11.0. The second kappa shape index (κ2) is 8.57. The Labute approximate surface area is 183 Å². The van der Waals surface area contributed by atoms with Crippen LogP contribution in [0.15, 0.2) is 48.1 Å². The number of aromatic nitrogens is 2. The Morgan fingerprint density at radius 1 is 1.29 bits per heavy atom. The quantitative estimate of drug-likeness (QED) is 0.665.